The Kier molecular flexibility index (Phi) is 7.61. The number of fused-ring (bicyclic) bond motifs is 1. The minimum Gasteiger partial charge on any atom is -0.493 e. The van der Waals surface area contributed by atoms with Crippen LogP contribution in [0.25, 0.3) is 11.0 Å². The van der Waals surface area contributed by atoms with Gasteiger partial charge in [-0.25, -0.2) is 4.79 Å². The smallest absolute Gasteiger partial charge is 0.336 e. The molecular formula is C22H28O13. The molecule has 1 aromatic heterocycles. The van der Waals surface area contributed by atoms with Crippen LogP contribution in [0.4, 0.5) is 0 Å². The zero-order chi connectivity index (χ0) is 25.4. The maximum Gasteiger partial charge on any atom is 0.336 e. The predicted molar refractivity (Wildman–Crippen MR) is 115 cm³/mol. The summed E-state index contributed by atoms with van der Waals surface area (Å²) in [6.07, 6.45) is -14.4. The fraction of sp³-hybridized carbons (Fsp3) is 0.591. The van der Waals surface area contributed by atoms with E-state index in [4.69, 9.17) is 28.1 Å². The monoisotopic (exact) mass is 500 g/mol. The first-order valence-corrected chi connectivity index (χ1v) is 10.9. The Morgan fingerprint density at radius 3 is 2.23 bits per heavy atom. The average Bonchev–Trinajstić information content (AvgIpc) is 2.84. The van der Waals surface area contributed by atoms with Crippen LogP contribution in [0.3, 0.4) is 0 Å². The quantitative estimate of drug-likeness (QED) is 0.235. The number of benzene rings is 1. The Bertz CT molecular complexity index is 1070. The molecule has 2 aliphatic heterocycles. The molecule has 0 unspecified atom stereocenters. The Morgan fingerprint density at radius 1 is 0.829 bits per heavy atom. The zero-order valence-electron chi connectivity index (χ0n) is 18.8. The van der Waals surface area contributed by atoms with E-state index in [2.05, 4.69) is 0 Å². The summed E-state index contributed by atoms with van der Waals surface area (Å²) in [5.74, 6) is 0.245. The number of aliphatic hydroxyl groups is 6. The number of methoxy groups -OCH3 is 1. The van der Waals surface area contributed by atoms with Crippen molar-refractivity contribution in [2.45, 2.75) is 68.3 Å². The molecule has 0 saturated carbocycles. The molecule has 0 spiro atoms. The summed E-state index contributed by atoms with van der Waals surface area (Å²) in [4.78, 5) is 11.6. The molecule has 2 aromatic rings. The molecule has 194 valence electrons. The minimum absolute atomic E-state index is 0.0265. The van der Waals surface area contributed by atoms with Crippen molar-refractivity contribution in [1.29, 1.82) is 0 Å². The van der Waals surface area contributed by atoms with E-state index in [1.807, 2.05) is 0 Å². The molecule has 35 heavy (non-hydrogen) atoms. The first-order valence-electron chi connectivity index (χ1n) is 10.9. The second-order valence-corrected chi connectivity index (χ2v) is 8.44. The molecule has 13 heteroatoms. The van der Waals surface area contributed by atoms with E-state index in [0.29, 0.717) is 5.39 Å². The topological polar surface area (TPSA) is 198 Å². The van der Waals surface area contributed by atoms with Crippen molar-refractivity contribution in [3.8, 4) is 11.5 Å². The van der Waals surface area contributed by atoms with Crippen LogP contribution in [-0.4, -0.2) is 106 Å². The summed E-state index contributed by atoms with van der Waals surface area (Å²) in [5.41, 5.74) is -0.408. The van der Waals surface area contributed by atoms with Gasteiger partial charge in [-0.3, -0.25) is 0 Å². The second-order valence-electron chi connectivity index (χ2n) is 8.44. The lowest BCUT2D eigenvalue weighted by Gasteiger charge is -2.42. The van der Waals surface area contributed by atoms with Gasteiger partial charge in [0.2, 0.25) is 6.29 Å². The van der Waals surface area contributed by atoms with E-state index in [0.717, 1.165) is 0 Å². The molecule has 2 saturated heterocycles. The molecule has 1 aromatic carbocycles. The van der Waals surface area contributed by atoms with Crippen LogP contribution in [0.5, 0.6) is 11.5 Å². The van der Waals surface area contributed by atoms with Crippen LogP contribution < -0.4 is 15.1 Å². The van der Waals surface area contributed by atoms with Gasteiger partial charge in [-0.05, 0) is 19.1 Å². The zero-order valence-corrected chi connectivity index (χ0v) is 18.8. The normalized spacial score (nSPS) is 37.8. The molecule has 6 N–H and O–H groups in total. The van der Waals surface area contributed by atoms with Crippen molar-refractivity contribution in [3.05, 3.63) is 34.7 Å². The van der Waals surface area contributed by atoms with Crippen molar-refractivity contribution in [1.82, 2.24) is 0 Å². The molecule has 0 radical (unpaired) electrons. The lowest BCUT2D eigenvalue weighted by molar-refractivity contribution is -0.318. The summed E-state index contributed by atoms with van der Waals surface area (Å²) < 4.78 is 32.5. The van der Waals surface area contributed by atoms with E-state index in [9.17, 15) is 35.4 Å². The van der Waals surface area contributed by atoms with Gasteiger partial charge in [0, 0.05) is 17.5 Å². The number of ether oxygens (including phenoxy) is 5. The summed E-state index contributed by atoms with van der Waals surface area (Å²) >= 11 is 0. The van der Waals surface area contributed by atoms with E-state index in [-0.39, 0.29) is 17.1 Å². The van der Waals surface area contributed by atoms with Crippen LogP contribution in [-0.2, 0) is 14.2 Å². The van der Waals surface area contributed by atoms with Gasteiger partial charge in [0.15, 0.2) is 17.8 Å². The first-order chi connectivity index (χ1) is 16.6. The van der Waals surface area contributed by atoms with Gasteiger partial charge in [0.1, 0.15) is 48.3 Å². The largest absolute Gasteiger partial charge is 0.493 e. The lowest BCUT2D eigenvalue weighted by Crippen LogP contribution is -2.61. The highest BCUT2D eigenvalue weighted by molar-refractivity contribution is 5.80. The molecule has 0 aliphatic carbocycles. The highest BCUT2D eigenvalue weighted by Crippen LogP contribution is 2.35. The Morgan fingerprint density at radius 2 is 1.51 bits per heavy atom. The van der Waals surface area contributed by atoms with Crippen LogP contribution in [0, 0.1) is 0 Å². The van der Waals surface area contributed by atoms with E-state index < -0.39 is 73.6 Å². The Hall–Kier alpha value is -2.33. The molecular weight excluding hydrogens is 472 g/mol. The lowest BCUT2D eigenvalue weighted by atomic mass is 9.98. The van der Waals surface area contributed by atoms with Crippen molar-refractivity contribution in [2.75, 3.05) is 13.7 Å². The second kappa shape index (κ2) is 10.3. The third-order valence-electron chi connectivity index (χ3n) is 6.05. The van der Waals surface area contributed by atoms with Gasteiger partial charge in [0.05, 0.1) is 19.8 Å². The highest BCUT2D eigenvalue weighted by Gasteiger charge is 2.47. The molecule has 13 nitrogen and oxygen atoms in total. The Balaban J connectivity index is 1.50. The fourth-order valence-electron chi connectivity index (χ4n) is 3.94. The molecule has 0 amide bonds. The predicted octanol–water partition coefficient (Wildman–Crippen LogP) is -2.17. The molecule has 0 bridgehead atoms. The van der Waals surface area contributed by atoms with Gasteiger partial charge in [-0.2, -0.15) is 0 Å². The SMILES string of the molecule is COc1cc2ccc(=O)oc2cc1O[C@H]1O[C@@H](CO[C@@H]2O[C@H](C)[C@H](O)[C@H](O)[C@@H]2O)[C@H](O)[C@@H](O)[C@@H]1O. The summed E-state index contributed by atoms with van der Waals surface area (Å²) in [5, 5.41) is 61.5. The molecule has 4 rings (SSSR count). The molecule has 3 heterocycles. The number of hydrogen-bond donors (Lipinski definition) is 6. The minimum atomic E-state index is -1.70. The van der Waals surface area contributed by atoms with E-state index in [1.54, 1.807) is 0 Å². The third-order valence-corrected chi connectivity index (χ3v) is 6.05. The third kappa shape index (κ3) is 5.14. The van der Waals surface area contributed by atoms with Crippen molar-refractivity contribution >= 4 is 11.0 Å². The van der Waals surface area contributed by atoms with Crippen LogP contribution in [0.2, 0.25) is 0 Å². The van der Waals surface area contributed by atoms with E-state index in [1.165, 1.54) is 38.3 Å². The van der Waals surface area contributed by atoms with Gasteiger partial charge in [-0.15, -0.1) is 0 Å². The van der Waals surface area contributed by atoms with Gasteiger partial charge >= 0.3 is 5.63 Å². The van der Waals surface area contributed by atoms with Gasteiger partial charge in [-0.1, -0.05) is 0 Å². The van der Waals surface area contributed by atoms with Crippen molar-refractivity contribution in [2.24, 2.45) is 0 Å². The van der Waals surface area contributed by atoms with Crippen LogP contribution >= 0.6 is 0 Å². The van der Waals surface area contributed by atoms with Crippen molar-refractivity contribution in [3.63, 3.8) is 0 Å². The number of hydrogen-bond acceptors (Lipinski definition) is 13. The molecule has 2 aliphatic rings. The van der Waals surface area contributed by atoms with E-state index >= 15 is 0 Å². The van der Waals surface area contributed by atoms with Gasteiger partial charge in [0.25, 0.3) is 0 Å². The summed E-state index contributed by atoms with van der Waals surface area (Å²) in [6.45, 7) is 1.04. The average molecular weight is 500 g/mol. The van der Waals surface area contributed by atoms with Crippen LogP contribution in [0.1, 0.15) is 6.92 Å². The highest BCUT2D eigenvalue weighted by atomic mass is 16.7. The first kappa shape index (κ1) is 25.8. The summed E-state index contributed by atoms with van der Waals surface area (Å²) in [6, 6.07) is 5.67. The van der Waals surface area contributed by atoms with Crippen LogP contribution in [0.15, 0.2) is 33.5 Å². The number of aliphatic hydroxyl groups excluding tert-OH is 6. The maximum absolute atomic E-state index is 11.6. The Labute approximate surface area is 198 Å². The number of rotatable bonds is 6. The van der Waals surface area contributed by atoms with Crippen molar-refractivity contribution < 1.29 is 58.7 Å². The molecule has 2 fully saturated rings. The fourth-order valence-corrected chi connectivity index (χ4v) is 3.94. The standard InChI is InChI=1S/C22H28O13/c1-8-15(24)17(26)19(28)21(32-8)31-7-13-16(25)18(27)20(29)22(35-13)34-12-6-10-9(5-11(12)30-2)3-4-14(23)33-10/h3-6,8,13,15-22,24-29H,7H2,1-2H3/t8-,13+,15+,16+,17+,18-,19+,20+,21-,22+/m1/s1. The molecule has 10 atom stereocenters. The maximum atomic E-state index is 11.6. The summed E-state index contributed by atoms with van der Waals surface area (Å²) in [7, 11) is 1.38. The van der Waals surface area contributed by atoms with Gasteiger partial charge < -0.3 is 58.7 Å².